The molecule has 0 aliphatic carbocycles. The Hall–Kier alpha value is -1.32. The van der Waals surface area contributed by atoms with Crippen LogP contribution in [0, 0.1) is 13.8 Å². The van der Waals surface area contributed by atoms with E-state index in [1.807, 2.05) is 13.8 Å². The van der Waals surface area contributed by atoms with E-state index < -0.39 is 0 Å². The van der Waals surface area contributed by atoms with E-state index in [4.69, 9.17) is 4.42 Å². The average molecular weight is 260 g/mol. The summed E-state index contributed by atoms with van der Waals surface area (Å²) in [6.07, 6.45) is 0. The third-order valence-electron chi connectivity index (χ3n) is 2.80. The first kappa shape index (κ1) is 10.8. The van der Waals surface area contributed by atoms with Gasteiger partial charge in [0.2, 0.25) is 0 Å². The maximum absolute atomic E-state index is 5.81. The molecule has 3 heterocycles. The van der Waals surface area contributed by atoms with Crippen molar-refractivity contribution in [2.45, 2.75) is 13.8 Å². The number of thiophene rings is 2. The van der Waals surface area contributed by atoms with Gasteiger partial charge in [0.05, 0.1) is 0 Å². The molecule has 0 spiro atoms. The first-order chi connectivity index (χ1) is 8.27. The van der Waals surface area contributed by atoms with Crippen LogP contribution in [0.25, 0.3) is 20.9 Å². The van der Waals surface area contributed by atoms with Gasteiger partial charge in [-0.2, -0.15) is 0 Å². The largest absolute Gasteiger partial charge is 0.465 e. The fourth-order valence-electron chi connectivity index (χ4n) is 2.12. The second-order valence-electron chi connectivity index (χ2n) is 3.92. The molecule has 1 nitrogen and oxygen atoms in total. The van der Waals surface area contributed by atoms with Gasteiger partial charge in [-0.1, -0.05) is 12.1 Å². The molecule has 0 radical (unpaired) electrons. The molecule has 0 aliphatic heterocycles. The van der Waals surface area contributed by atoms with Crippen molar-refractivity contribution in [3.63, 3.8) is 0 Å². The van der Waals surface area contributed by atoms with Crippen molar-refractivity contribution in [1.82, 2.24) is 0 Å². The molecule has 3 rings (SSSR count). The molecule has 0 saturated carbocycles. The fraction of sp³-hybridized carbons (Fsp3) is 0.143. The molecule has 3 heteroatoms. The van der Waals surface area contributed by atoms with E-state index in [0.29, 0.717) is 0 Å². The van der Waals surface area contributed by atoms with E-state index in [9.17, 15) is 0 Å². The zero-order valence-electron chi connectivity index (χ0n) is 9.69. The molecule has 0 unspecified atom stereocenters. The highest BCUT2D eigenvalue weighted by molar-refractivity contribution is 7.14. The van der Waals surface area contributed by atoms with Crippen LogP contribution in [0.3, 0.4) is 0 Å². The average Bonchev–Trinajstić information content (AvgIpc) is 2.98. The molecule has 3 aromatic heterocycles. The summed E-state index contributed by atoms with van der Waals surface area (Å²) in [5, 5.41) is 4.21. The van der Waals surface area contributed by atoms with E-state index >= 15 is 0 Å². The fourth-order valence-corrected chi connectivity index (χ4v) is 3.77. The van der Waals surface area contributed by atoms with Crippen LogP contribution in [0.2, 0.25) is 0 Å². The second-order valence-corrected chi connectivity index (χ2v) is 5.81. The zero-order chi connectivity index (χ0) is 11.8. The van der Waals surface area contributed by atoms with Crippen LogP contribution < -0.4 is 0 Å². The Morgan fingerprint density at radius 3 is 1.65 bits per heavy atom. The van der Waals surface area contributed by atoms with Crippen LogP contribution in [0.5, 0.6) is 0 Å². The third-order valence-corrected chi connectivity index (χ3v) is 4.57. The van der Waals surface area contributed by atoms with Crippen molar-refractivity contribution in [3.8, 4) is 20.9 Å². The quantitative estimate of drug-likeness (QED) is 0.605. The predicted molar refractivity (Wildman–Crippen MR) is 74.8 cm³/mol. The Bertz CT molecular complexity index is 561. The standard InChI is InChI=1S/C14H12OS2/c1-9-13(11-5-3-7-16-11)14(10(2)15-9)12-6-4-8-17-12/h3-8H,1-2H3. The molecule has 0 atom stereocenters. The van der Waals surface area contributed by atoms with E-state index in [2.05, 4.69) is 35.0 Å². The van der Waals surface area contributed by atoms with Gasteiger partial charge in [-0.15, -0.1) is 22.7 Å². The van der Waals surface area contributed by atoms with Crippen molar-refractivity contribution < 1.29 is 4.42 Å². The molecule has 17 heavy (non-hydrogen) atoms. The number of aryl methyl sites for hydroxylation is 2. The molecule has 0 aliphatic rings. The number of hydrogen-bond donors (Lipinski definition) is 0. The smallest absolute Gasteiger partial charge is 0.110 e. The van der Waals surface area contributed by atoms with Gasteiger partial charge in [-0.3, -0.25) is 0 Å². The Kier molecular flexibility index (Phi) is 2.65. The second kappa shape index (κ2) is 4.17. The van der Waals surface area contributed by atoms with E-state index in [0.717, 1.165) is 11.5 Å². The lowest BCUT2D eigenvalue weighted by Crippen LogP contribution is -1.77. The van der Waals surface area contributed by atoms with Crippen molar-refractivity contribution in [3.05, 3.63) is 46.5 Å². The highest BCUT2D eigenvalue weighted by atomic mass is 32.1. The van der Waals surface area contributed by atoms with Crippen LogP contribution >= 0.6 is 22.7 Å². The van der Waals surface area contributed by atoms with Crippen LogP contribution in [0.15, 0.2) is 39.4 Å². The molecule has 0 N–H and O–H groups in total. The van der Waals surface area contributed by atoms with Crippen LogP contribution in [0.4, 0.5) is 0 Å². The van der Waals surface area contributed by atoms with Gasteiger partial charge in [0.15, 0.2) is 0 Å². The summed E-state index contributed by atoms with van der Waals surface area (Å²) in [4.78, 5) is 2.56. The first-order valence-corrected chi connectivity index (χ1v) is 7.21. The number of rotatable bonds is 2. The normalized spacial score (nSPS) is 10.9. The zero-order valence-corrected chi connectivity index (χ0v) is 11.3. The summed E-state index contributed by atoms with van der Waals surface area (Å²) in [6.45, 7) is 4.08. The molecule has 0 aromatic carbocycles. The molecular weight excluding hydrogens is 248 g/mol. The summed E-state index contributed by atoms with van der Waals surface area (Å²) < 4.78 is 5.81. The Morgan fingerprint density at radius 1 is 0.824 bits per heavy atom. The van der Waals surface area contributed by atoms with Gasteiger partial charge in [0, 0.05) is 20.9 Å². The van der Waals surface area contributed by atoms with Crippen molar-refractivity contribution in [1.29, 1.82) is 0 Å². The van der Waals surface area contributed by atoms with E-state index in [1.54, 1.807) is 22.7 Å². The monoisotopic (exact) mass is 260 g/mol. The summed E-state index contributed by atoms with van der Waals surface area (Å²) >= 11 is 3.52. The molecular formula is C14H12OS2. The van der Waals surface area contributed by atoms with Crippen LogP contribution in [0.1, 0.15) is 11.5 Å². The maximum atomic E-state index is 5.81. The Balaban J connectivity index is 2.28. The summed E-state index contributed by atoms with van der Waals surface area (Å²) in [7, 11) is 0. The van der Waals surface area contributed by atoms with Gasteiger partial charge < -0.3 is 4.42 Å². The van der Waals surface area contributed by atoms with Gasteiger partial charge in [-0.25, -0.2) is 0 Å². The highest BCUT2D eigenvalue weighted by Gasteiger charge is 2.19. The third kappa shape index (κ3) is 1.75. The van der Waals surface area contributed by atoms with Crippen molar-refractivity contribution >= 4 is 22.7 Å². The molecule has 0 bridgehead atoms. The Morgan fingerprint density at radius 2 is 1.29 bits per heavy atom. The van der Waals surface area contributed by atoms with E-state index in [-0.39, 0.29) is 0 Å². The van der Waals surface area contributed by atoms with Gasteiger partial charge in [0.25, 0.3) is 0 Å². The number of hydrogen-bond acceptors (Lipinski definition) is 3. The van der Waals surface area contributed by atoms with Gasteiger partial charge in [0.1, 0.15) is 11.5 Å². The lowest BCUT2D eigenvalue weighted by molar-refractivity contribution is 0.506. The highest BCUT2D eigenvalue weighted by Crippen LogP contribution is 2.42. The molecule has 0 saturated heterocycles. The minimum Gasteiger partial charge on any atom is -0.465 e. The van der Waals surface area contributed by atoms with Crippen LogP contribution in [-0.2, 0) is 0 Å². The van der Waals surface area contributed by atoms with Crippen LogP contribution in [-0.4, -0.2) is 0 Å². The predicted octanol–water partition coefficient (Wildman–Crippen LogP) is 5.35. The lowest BCUT2D eigenvalue weighted by Gasteiger charge is -2.00. The summed E-state index contributed by atoms with van der Waals surface area (Å²) in [6, 6.07) is 8.47. The van der Waals surface area contributed by atoms with E-state index in [1.165, 1.54) is 20.9 Å². The molecule has 3 aromatic rings. The summed E-state index contributed by atoms with van der Waals surface area (Å²) in [5.41, 5.74) is 2.50. The van der Waals surface area contributed by atoms with Gasteiger partial charge in [-0.05, 0) is 36.7 Å². The van der Waals surface area contributed by atoms with Crippen molar-refractivity contribution in [2.24, 2.45) is 0 Å². The molecule has 0 fully saturated rings. The molecule has 86 valence electrons. The SMILES string of the molecule is Cc1oc(C)c(-c2cccs2)c1-c1cccs1. The Labute approximate surface area is 108 Å². The van der Waals surface area contributed by atoms with Crippen molar-refractivity contribution in [2.75, 3.05) is 0 Å². The summed E-state index contributed by atoms with van der Waals surface area (Å²) in [5.74, 6) is 2.02. The minimum atomic E-state index is 1.01. The molecule has 0 amide bonds. The lowest BCUT2D eigenvalue weighted by atomic mass is 10.1. The number of furan rings is 1. The topological polar surface area (TPSA) is 13.1 Å². The maximum Gasteiger partial charge on any atom is 0.110 e. The minimum absolute atomic E-state index is 1.01. The first-order valence-electron chi connectivity index (χ1n) is 5.45. The van der Waals surface area contributed by atoms with Gasteiger partial charge >= 0.3 is 0 Å².